The van der Waals surface area contributed by atoms with Crippen molar-refractivity contribution < 1.29 is 22.3 Å². The average Bonchev–Trinajstić information content (AvgIpc) is 3.19. The van der Waals surface area contributed by atoms with Crippen LogP contribution in [0.5, 0.6) is 5.75 Å². The Morgan fingerprint density at radius 2 is 1.89 bits per heavy atom. The molecule has 1 aliphatic carbocycles. The Bertz CT molecular complexity index is 956. The molecular weight excluding hydrogens is 383 g/mol. The summed E-state index contributed by atoms with van der Waals surface area (Å²) in [4.78, 5) is 12.4. The molecule has 1 amide bonds. The molecule has 2 N–H and O–H groups in total. The lowest BCUT2D eigenvalue weighted by atomic mass is 10.2. The summed E-state index contributed by atoms with van der Waals surface area (Å²) in [7, 11) is -2.45. The smallest absolute Gasteiger partial charge is 0.251 e. The van der Waals surface area contributed by atoms with E-state index in [1.165, 1.54) is 31.4 Å². The molecule has 2 aromatic carbocycles. The minimum Gasteiger partial charge on any atom is -0.495 e. The zero-order valence-corrected chi connectivity index (χ0v) is 16.4. The standard InChI is InChI=1S/C20H23FN2O4S/c1-27-18-11-10-14(20(24)22-13-15-6-2-5-9-17(15)21)12-19(18)28(25,26)23-16-7-3-4-8-16/h2,5-6,9-12,16,23H,3-4,7-8,13H2,1H3,(H,22,24). The van der Waals surface area contributed by atoms with Gasteiger partial charge in [0.15, 0.2) is 0 Å². The van der Waals surface area contributed by atoms with Crippen LogP contribution < -0.4 is 14.8 Å². The molecule has 1 aliphatic rings. The second-order valence-corrected chi connectivity index (χ2v) is 8.42. The molecule has 2 aromatic rings. The fraction of sp³-hybridized carbons (Fsp3) is 0.350. The predicted molar refractivity (Wildman–Crippen MR) is 103 cm³/mol. The number of carbonyl (C=O) groups is 1. The first-order chi connectivity index (χ1) is 13.4. The molecule has 0 bridgehead atoms. The Balaban J connectivity index is 1.79. The molecule has 0 aliphatic heterocycles. The van der Waals surface area contributed by atoms with Crippen LogP contribution in [0.15, 0.2) is 47.4 Å². The number of hydrogen-bond donors (Lipinski definition) is 2. The second kappa shape index (κ2) is 8.70. The maximum atomic E-state index is 13.7. The van der Waals surface area contributed by atoms with Crippen molar-refractivity contribution in [2.45, 2.75) is 43.2 Å². The molecule has 6 nitrogen and oxygen atoms in total. The van der Waals surface area contributed by atoms with E-state index in [0.717, 1.165) is 25.7 Å². The Labute approximate surface area is 164 Å². The second-order valence-electron chi connectivity index (χ2n) is 6.74. The number of sulfonamides is 1. The molecule has 28 heavy (non-hydrogen) atoms. The molecule has 0 radical (unpaired) electrons. The lowest BCUT2D eigenvalue weighted by molar-refractivity contribution is 0.0950. The van der Waals surface area contributed by atoms with Crippen molar-refractivity contribution in [3.8, 4) is 5.75 Å². The number of amides is 1. The number of rotatable bonds is 7. The molecular formula is C20H23FN2O4S. The third-order valence-corrected chi connectivity index (χ3v) is 6.33. The summed E-state index contributed by atoms with van der Waals surface area (Å²) in [6, 6.07) is 10.2. The van der Waals surface area contributed by atoms with Gasteiger partial charge in [-0.25, -0.2) is 17.5 Å². The first-order valence-electron chi connectivity index (χ1n) is 9.12. The number of halogens is 1. The number of nitrogens with one attached hydrogen (secondary N) is 2. The number of benzene rings is 2. The van der Waals surface area contributed by atoms with E-state index in [4.69, 9.17) is 4.74 Å². The van der Waals surface area contributed by atoms with Crippen molar-refractivity contribution in [2.75, 3.05) is 7.11 Å². The lowest BCUT2D eigenvalue weighted by Crippen LogP contribution is -2.33. The Morgan fingerprint density at radius 3 is 2.57 bits per heavy atom. The van der Waals surface area contributed by atoms with Crippen LogP contribution in [-0.4, -0.2) is 27.5 Å². The molecule has 1 saturated carbocycles. The van der Waals surface area contributed by atoms with E-state index >= 15 is 0 Å². The normalized spacial score (nSPS) is 14.8. The topological polar surface area (TPSA) is 84.5 Å². The fourth-order valence-corrected chi connectivity index (χ4v) is 4.77. The van der Waals surface area contributed by atoms with E-state index in [1.807, 2.05) is 0 Å². The number of ether oxygens (including phenoxy) is 1. The lowest BCUT2D eigenvalue weighted by Gasteiger charge is -2.16. The zero-order chi connectivity index (χ0) is 20.1. The van der Waals surface area contributed by atoms with Gasteiger partial charge in [0.2, 0.25) is 10.0 Å². The maximum absolute atomic E-state index is 13.7. The van der Waals surface area contributed by atoms with Gasteiger partial charge < -0.3 is 10.1 Å². The summed E-state index contributed by atoms with van der Waals surface area (Å²) in [5, 5.41) is 2.61. The van der Waals surface area contributed by atoms with Crippen LogP contribution in [0.2, 0.25) is 0 Å². The monoisotopic (exact) mass is 406 g/mol. The van der Waals surface area contributed by atoms with Gasteiger partial charge in [-0.2, -0.15) is 0 Å². The van der Waals surface area contributed by atoms with Crippen molar-refractivity contribution in [1.82, 2.24) is 10.0 Å². The third-order valence-electron chi connectivity index (χ3n) is 4.79. The highest BCUT2D eigenvalue weighted by atomic mass is 32.2. The van der Waals surface area contributed by atoms with E-state index in [2.05, 4.69) is 10.0 Å². The Hall–Kier alpha value is -2.45. The van der Waals surface area contributed by atoms with Crippen molar-refractivity contribution in [2.24, 2.45) is 0 Å². The molecule has 0 aromatic heterocycles. The van der Waals surface area contributed by atoms with Gasteiger partial charge in [0.05, 0.1) is 7.11 Å². The molecule has 0 unspecified atom stereocenters. The highest BCUT2D eigenvalue weighted by Crippen LogP contribution is 2.27. The van der Waals surface area contributed by atoms with Gasteiger partial charge in [-0.1, -0.05) is 31.0 Å². The highest BCUT2D eigenvalue weighted by Gasteiger charge is 2.26. The van der Waals surface area contributed by atoms with Crippen LogP contribution in [0.4, 0.5) is 4.39 Å². The van der Waals surface area contributed by atoms with E-state index in [9.17, 15) is 17.6 Å². The van der Waals surface area contributed by atoms with E-state index in [-0.39, 0.29) is 28.8 Å². The third kappa shape index (κ3) is 4.69. The van der Waals surface area contributed by atoms with Gasteiger partial charge in [0.25, 0.3) is 5.91 Å². The summed E-state index contributed by atoms with van der Waals surface area (Å²) in [6.07, 6.45) is 3.57. The van der Waals surface area contributed by atoms with Gasteiger partial charge in [0, 0.05) is 23.7 Å². The van der Waals surface area contributed by atoms with Gasteiger partial charge in [-0.15, -0.1) is 0 Å². The first kappa shape index (κ1) is 20.3. The van der Waals surface area contributed by atoms with Crippen LogP contribution in [0.25, 0.3) is 0 Å². The predicted octanol–water partition coefficient (Wildman–Crippen LogP) is 2.99. The maximum Gasteiger partial charge on any atom is 0.251 e. The van der Waals surface area contributed by atoms with Crippen molar-refractivity contribution in [3.05, 3.63) is 59.4 Å². The SMILES string of the molecule is COc1ccc(C(=O)NCc2ccccc2F)cc1S(=O)(=O)NC1CCCC1. The molecule has 0 heterocycles. The van der Waals surface area contributed by atoms with Crippen molar-refractivity contribution in [1.29, 1.82) is 0 Å². The number of hydrogen-bond acceptors (Lipinski definition) is 4. The van der Waals surface area contributed by atoms with Crippen LogP contribution in [0.3, 0.4) is 0 Å². The average molecular weight is 406 g/mol. The van der Waals surface area contributed by atoms with Crippen LogP contribution >= 0.6 is 0 Å². The summed E-state index contributed by atoms with van der Waals surface area (Å²) in [6.45, 7) is -0.0000563. The van der Waals surface area contributed by atoms with Gasteiger partial charge in [-0.05, 0) is 37.1 Å². The van der Waals surface area contributed by atoms with Gasteiger partial charge in [-0.3, -0.25) is 4.79 Å². The summed E-state index contributed by atoms with van der Waals surface area (Å²) in [5.74, 6) is -0.749. The molecule has 1 fully saturated rings. The van der Waals surface area contributed by atoms with Gasteiger partial charge >= 0.3 is 0 Å². The number of carbonyl (C=O) groups excluding carboxylic acids is 1. The molecule has 0 saturated heterocycles. The Kier molecular flexibility index (Phi) is 6.31. The van der Waals surface area contributed by atoms with Crippen LogP contribution in [0.1, 0.15) is 41.6 Å². The minimum absolute atomic E-state index is 0.0000563. The van der Waals surface area contributed by atoms with E-state index in [1.54, 1.807) is 18.2 Å². The quantitative estimate of drug-likeness (QED) is 0.740. The summed E-state index contributed by atoms with van der Waals surface area (Å²) < 4.78 is 47.2. The van der Waals surface area contributed by atoms with Crippen molar-refractivity contribution >= 4 is 15.9 Å². The molecule has 0 spiro atoms. The van der Waals surface area contributed by atoms with Crippen LogP contribution in [-0.2, 0) is 16.6 Å². The molecule has 8 heteroatoms. The zero-order valence-electron chi connectivity index (χ0n) is 15.6. The molecule has 150 valence electrons. The van der Waals surface area contributed by atoms with E-state index in [0.29, 0.717) is 5.56 Å². The highest BCUT2D eigenvalue weighted by molar-refractivity contribution is 7.89. The summed E-state index contributed by atoms with van der Waals surface area (Å²) >= 11 is 0. The van der Waals surface area contributed by atoms with Crippen molar-refractivity contribution in [3.63, 3.8) is 0 Å². The minimum atomic E-state index is -3.83. The van der Waals surface area contributed by atoms with E-state index < -0.39 is 21.7 Å². The van der Waals surface area contributed by atoms with Crippen LogP contribution in [0, 0.1) is 5.82 Å². The number of methoxy groups -OCH3 is 1. The first-order valence-corrected chi connectivity index (χ1v) is 10.6. The Morgan fingerprint density at radius 1 is 1.18 bits per heavy atom. The molecule has 0 atom stereocenters. The molecule has 3 rings (SSSR count). The van der Waals surface area contributed by atoms with Gasteiger partial charge in [0.1, 0.15) is 16.5 Å². The fourth-order valence-electron chi connectivity index (χ4n) is 3.27. The summed E-state index contributed by atoms with van der Waals surface area (Å²) in [5.41, 5.74) is 0.504. The largest absolute Gasteiger partial charge is 0.495 e.